The van der Waals surface area contributed by atoms with E-state index in [1.54, 1.807) is 0 Å². The first-order valence-electron chi connectivity index (χ1n) is 7.02. The number of hydrogen-bond donors (Lipinski definition) is 0. The molecule has 15 heteroatoms. The Morgan fingerprint density at radius 3 is 1.00 bits per heavy atom. The lowest BCUT2D eigenvalue weighted by atomic mass is 10.4. The van der Waals surface area contributed by atoms with Crippen molar-refractivity contribution >= 4 is 0 Å². The van der Waals surface area contributed by atoms with Gasteiger partial charge in [-0.05, 0) is 0 Å². The summed E-state index contributed by atoms with van der Waals surface area (Å²) in [5, 5.41) is 0. The first-order valence-corrected chi connectivity index (χ1v) is 7.02. The number of hydrogen-bond acceptors (Lipinski definition) is 5. The number of rotatable bonds is 14. The topological polar surface area (TPSA) is 46.2 Å². The predicted molar refractivity (Wildman–Crippen MR) is 66.4 cm³/mol. The Balaban J connectivity index is 3.64. The molecule has 0 atom stereocenters. The summed E-state index contributed by atoms with van der Waals surface area (Å²) in [4.78, 5) is 0. The first kappa shape index (κ1) is 26.1. The molecule has 0 amide bonds. The molecular formula is C12H16F10O5. The predicted octanol–water partition coefficient (Wildman–Crippen LogP) is 3.38. The van der Waals surface area contributed by atoms with E-state index in [4.69, 9.17) is 4.74 Å². The highest BCUT2D eigenvalue weighted by Gasteiger charge is 2.39. The Morgan fingerprint density at radius 1 is 0.407 bits per heavy atom. The van der Waals surface area contributed by atoms with Crippen LogP contribution in [0.25, 0.3) is 0 Å². The fraction of sp³-hybridized carbons (Fsp3) is 1.00. The minimum absolute atomic E-state index is 0.312. The van der Waals surface area contributed by atoms with Crippen LogP contribution in [0.3, 0.4) is 0 Å². The van der Waals surface area contributed by atoms with E-state index < -0.39 is 64.2 Å². The Kier molecular flexibility index (Phi) is 10.8. The maximum atomic E-state index is 12.9. The van der Waals surface area contributed by atoms with Crippen LogP contribution in [0.5, 0.6) is 0 Å². The molecule has 0 aromatic heterocycles. The van der Waals surface area contributed by atoms with E-state index in [1.165, 1.54) is 0 Å². The zero-order chi connectivity index (χ0) is 21.2. The van der Waals surface area contributed by atoms with Gasteiger partial charge in [0.15, 0.2) is 0 Å². The standard InChI is InChI=1S/C12H16F10O5/c13-9(14,7-26-11(17,18)19)5-24-3-1-23-2-4-25-6-10(15,16)8-27-12(20,21)22/h1-8H2. The smallest absolute Gasteiger partial charge is 0.377 e. The second-order valence-electron chi connectivity index (χ2n) is 4.90. The normalized spacial score (nSPS) is 14.0. The van der Waals surface area contributed by atoms with Crippen molar-refractivity contribution in [3.63, 3.8) is 0 Å². The zero-order valence-electron chi connectivity index (χ0n) is 13.5. The SMILES string of the molecule is FC(F)(COCCOCCOCC(F)(F)COC(F)(F)F)COC(F)(F)F. The maximum absolute atomic E-state index is 12.9. The molecule has 0 aromatic rings. The fourth-order valence-electron chi connectivity index (χ4n) is 1.24. The molecule has 0 spiro atoms. The lowest BCUT2D eigenvalue weighted by molar-refractivity contribution is -0.343. The van der Waals surface area contributed by atoms with Crippen molar-refractivity contribution in [1.82, 2.24) is 0 Å². The molecule has 0 aromatic carbocycles. The summed E-state index contributed by atoms with van der Waals surface area (Å²) in [7, 11) is 0. The molecule has 27 heavy (non-hydrogen) atoms. The molecule has 0 fully saturated rings. The maximum Gasteiger partial charge on any atom is 0.522 e. The second-order valence-corrected chi connectivity index (χ2v) is 4.90. The largest absolute Gasteiger partial charge is 0.522 e. The van der Waals surface area contributed by atoms with Gasteiger partial charge in [0.1, 0.15) is 26.4 Å². The van der Waals surface area contributed by atoms with Crippen LogP contribution < -0.4 is 0 Å². The summed E-state index contributed by atoms with van der Waals surface area (Å²) < 4.78 is 141. The van der Waals surface area contributed by atoms with Gasteiger partial charge in [-0.2, -0.15) is 0 Å². The molecule has 0 saturated heterocycles. The van der Waals surface area contributed by atoms with Gasteiger partial charge >= 0.3 is 12.7 Å². The van der Waals surface area contributed by atoms with Gasteiger partial charge in [0.05, 0.1) is 26.4 Å². The van der Waals surface area contributed by atoms with Crippen LogP contribution in [0.15, 0.2) is 0 Å². The van der Waals surface area contributed by atoms with Crippen molar-refractivity contribution in [2.45, 2.75) is 24.6 Å². The lowest BCUT2D eigenvalue weighted by Gasteiger charge is -2.18. The van der Waals surface area contributed by atoms with Crippen LogP contribution in [-0.2, 0) is 23.7 Å². The van der Waals surface area contributed by atoms with Crippen molar-refractivity contribution in [2.24, 2.45) is 0 Å². The summed E-state index contributed by atoms with van der Waals surface area (Å²) in [5.74, 6) is -7.77. The molecule has 0 rings (SSSR count). The fourth-order valence-corrected chi connectivity index (χ4v) is 1.24. The molecule has 5 nitrogen and oxygen atoms in total. The van der Waals surface area contributed by atoms with Crippen molar-refractivity contribution in [1.29, 1.82) is 0 Å². The minimum Gasteiger partial charge on any atom is -0.377 e. The van der Waals surface area contributed by atoms with Crippen LogP contribution in [0, 0.1) is 0 Å². The van der Waals surface area contributed by atoms with E-state index in [0.29, 0.717) is 0 Å². The third kappa shape index (κ3) is 18.2. The first-order chi connectivity index (χ1) is 12.1. The average Bonchev–Trinajstić information content (AvgIpc) is 2.48. The summed E-state index contributed by atoms with van der Waals surface area (Å²) in [6, 6.07) is 0. The Bertz CT molecular complexity index is 363. The van der Waals surface area contributed by atoms with Gasteiger partial charge in [-0.25, -0.2) is 17.6 Å². The third-order valence-corrected chi connectivity index (χ3v) is 2.26. The van der Waals surface area contributed by atoms with Crippen LogP contribution in [-0.4, -0.2) is 77.4 Å². The van der Waals surface area contributed by atoms with E-state index in [-0.39, 0.29) is 13.2 Å². The van der Waals surface area contributed by atoms with Gasteiger partial charge in [0.25, 0.3) is 11.8 Å². The highest BCUT2D eigenvalue weighted by molar-refractivity contribution is 4.65. The quantitative estimate of drug-likeness (QED) is 0.313. The number of halogens is 10. The highest BCUT2D eigenvalue weighted by Crippen LogP contribution is 2.23. The molecule has 0 unspecified atom stereocenters. The van der Waals surface area contributed by atoms with Gasteiger partial charge in [-0.1, -0.05) is 0 Å². The second kappa shape index (κ2) is 11.2. The summed E-state index contributed by atoms with van der Waals surface area (Å²) >= 11 is 0. The van der Waals surface area contributed by atoms with Crippen LogP contribution >= 0.6 is 0 Å². The van der Waals surface area contributed by atoms with Gasteiger partial charge in [-0.15, -0.1) is 26.3 Å². The third-order valence-electron chi connectivity index (χ3n) is 2.26. The Hall–Kier alpha value is -0.900. The molecule has 0 aliphatic rings. The molecule has 0 saturated carbocycles. The Morgan fingerprint density at radius 2 is 0.704 bits per heavy atom. The van der Waals surface area contributed by atoms with Crippen molar-refractivity contribution in [2.75, 3.05) is 52.9 Å². The van der Waals surface area contributed by atoms with Crippen LogP contribution in [0.4, 0.5) is 43.9 Å². The van der Waals surface area contributed by atoms with Crippen LogP contribution in [0.1, 0.15) is 0 Å². The molecule has 0 aliphatic heterocycles. The van der Waals surface area contributed by atoms with Crippen LogP contribution in [0.2, 0.25) is 0 Å². The van der Waals surface area contributed by atoms with Crippen molar-refractivity contribution in [3.8, 4) is 0 Å². The van der Waals surface area contributed by atoms with Gasteiger partial charge in [0, 0.05) is 0 Å². The van der Waals surface area contributed by atoms with Gasteiger partial charge < -0.3 is 14.2 Å². The monoisotopic (exact) mass is 430 g/mol. The molecule has 0 aliphatic carbocycles. The summed E-state index contributed by atoms with van der Waals surface area (Å²) in [6.45, 7) is -8.09. The molecule has 0 bridgehead atoms. The Labute approximate surface area is 146 Å². The van der Waals surface area contributed by atoms with Crippen molar-refractivity contribution < 1.29 is 67.6 Å². The van der Waals surface area contributed by atoms with E-state index in [2.05, 4.69) is 18.9 Å². The van der Waals surface area contributed by atoms with E-state index in [0.717, 1.165) is 0 Å². The minimum atomic E-state index is -5.21. The van der Waals surface area contributed by atoms with Gasteiger partial charge in [0.2, 0.25) is 0 Å². The molecule has 0 N–H and O–H groups in total. The molecule has 0 heterocycles. The van der Waals surface area contributed by atoms with E-state index in [1.807, 2.05) is 0 Å². The molecule has 164 valence electrons. The van der Waals surface area contributed by atoms with Gasteiger partial charge in [-0.3, -0.25) is 9.47 Å². The van der Waals surface area contributed by atoms with E-state index in [9.17, 15) is 43.9 Å². The summed E-state index contributed by atoms with van der Waals surface area (Å²) in [6.07, 6.45) is -10.4. The summed E-state index contributed by atoms with van der Waals surface area (Å²) in [5.41, 5.74) is 0. The van der Waals surface area contributed by atoms with Crippen molar-refractivity contribution in [3.05, 3.63) is 0 Å². The number of alkyl halides is 10. The highest BCUT2D eigenvalue weighted by atomic mass is 19.4. The number of ether oxygens (including phenoxy) is 5. The molecule has 0 radical (unpaired) electrons. The van der Waals surface area contributed by atoms with E-state index >= 15 is 0 Å². The lowest BCUT2D eigenvalue weighted by Crippen LogP contribution is -2.34. The molecular weight excluding hydrogens is 414 g/mol. The average molecular weight is 430 g/mol. The zero-order valence-corrected chi connectivity index (χ0v) is 13.5.